The molecule has 1 aromatic rings. The summed E-state index contributed by atoms with van der Waals surface area (Å²) in [4.78, 5) is 88.5. The van der Waals surface area contributed by atoms with Gasteiger partial charge in [0.2, 0.25) is 11.8 Å². The number of rotatable bonds is 16. The summed E-state index contributed by atoms with van der Waals surface area (Å²) in [6.07, 6.45) is -1.34. The van der Waals surface area contributed by atoms with E-state index < -0.39 is 72.1 Å². The number of carbonyl (C=O) groups excluding carboxylic acids is 4. The number of urea groups is 2. The summed E-state index contributed by atoms with van der Waals surface area (Å²) in [5.41, 5.74) is -0.990. The minimum atomic E-state index is -1.91. The van der Waals surface area contributed by atoms with Crippen LogP contribution in [0.4, 0.5) is 9.59 Å². The lowest BCUT2D eigenvalue weighted by atomic mass is 9.77. The van der Waals surface area contributed by atoms with Gasteiger partial charge in [-0.15, -0.1) is 0 Å². The number of hydrogen-bond acceptors (Lipinski definition) is 7. The molecule has 2 rings (SSSR count). The zero-order chi connectivity index (χ0) is 30.7. The molecule has 14 nitrogen and oxygen atoms in total. The average molecular weight is 577 g/mol. The van der Waals surface area contributed by atoms with Crippen LogP contribution in [0.15, 0.2) is 30.3 Å². The molecule has 1 aliphatic rings. The lowest BCUT2D eigenvalue weighted by Gasteiger charge is -2.46. The Morgan fingerprint density at radius 3 is 1.83 bits per heavy atom. The zero-order valence-corrected chi connectivity index (χ0v) is 23.0. The highest BCUT2D eigenvalue weighted by Crippen LogP contribution is 2.39. The van der Waals surface area contributed by atoms with E-state index in [9.17, 15) is 43.8 Å². The summed E-state index contributed by atoms with van der Waals surface area (Å²) >= 11 is 0. The van der Waals surface area contributed by atoms with Crippen molar-refractivity contribution in [3.8, 4) is 0 Å². The minimum Gasteiger partial charge on any atom is -0.481 e. The largest absolute Gasteiger partial charge is 0.481 e. The van der Waals surface area contributed by atoms with Crippen molar-refractivity contribution in [2.24, 2.45) is 5.41 Å². The van der Waals surface area contributed by atoms with Crippen molar-refractivity contribution in [3.63, 3.8) is 0 Å². The van der Waals surface area contributed by atoms with Crippen molar-refractivity contribution < 1.29 is 48.9 Å². The van der Waals surface area contributed by atoms with Gasteiger partial charge in [-0.25, -0.2) is 29.0 Å². The number of unbranched alkanes of at least 4 members (excludes halogenated alkanes) is 1. The van der Waals surface area contributed by atoms with Gasteiger partial charge in [0.15, 0.2) is 0 Å². The lowest BCUT2D eigenvalue weighted by molar-refractivity contribution is -0.170. The van der Waals surface area contributed by atoms with E-state index in [0.717, 1.165) is 5.56 Å². The van der Waals surface area contributed by atoms with Gasteiger partial charge in [-0.3, -0.25) is 14.4 Å². The van der Waals surface area contributed by atoms with Crippen LogP contribution in [-0.4, -0.2) is 85.5 Å². The fraction of sp³-hybridized carbons (Fsp3) is 0.519. The molecule has 0 aromatic heterocycles. The Morgan fingerprint density at radius 2 is 1.34 bits per heavy atom. The number of amides is 6. The Kier molecular flexibility index (Phi) is 11.8. The molecule has 1 aliphatic heterocycles. The quantitative estimate of drug-likeness (QED) is 0.143. The summed E-state index contributed by atoms with van der Waals surface area (Å²) in [7, 11) is 0. The van der Waals surface area contributed by atoms with Crippen molar-refractivity contribution in [2.75, 3.05) is 6.54 Å². The van der Waals surface area contributed by atoms with Gasteiger partial charge in [0.05, 0.1) is 0 Å². The van der Waals surface area contributed by atoms with Crippen molar-refractivity contribution in [3.05, 3.63) is 35.9 Å². The van der Waals surface area contributed by atoms with E-state index in [1.165, 1.54) is 13.8 Å². The van der Waals surface area contributed by atoms with E-state index in [-0.39, 0.29) is 32.2 Å². The number of imide groups is 2. The number of aliphatic carboxylic acids is 3. The highest BCUT2D eigenvalue weighted by atomic mass is 16.4. The summed E-state index contributed by atoms with van der Waals surface area (Å²) < 4.78 is 0. The summed E-state index contributed by atoms with van der Waals surface area (Å²) in [6.45, 7) is 3.46. The second-order valence-electron chi connectivity index (χ2n) is 9.65. The molecule has 224 valence electrons. The molecule has 0 aliphatic carbocycles. The van der Waals surface area contributed by atoms with Gasteiger partial charge in [0, 0.05) is 19.5 Å². The van der Waals surface area contributed by atoms with E-state index in [2.05, 4.69) is 10.6 Å². The third kappa shape index (κ3) is 7.80. The lowest BCUT2D eigenvalue weighted by Crippen LogP contribution is -2.70. The number of carboxylic acid groups (broad SMARTS) is 3. The van der Waals surface area contributed by atoms with E-state index in [1.54, 1.807) is 0 Å². The SMILES string of the molecule is CCC1(CC)C(=O)N([C@@H](CCCCNC(=O)NCc2ccccc2)C(=O)O)C(=O)N([C@@H](CCC(=O)O)C(=O)O)C1=O. The van der Waals surface area contributed by atoms with Gasteiger partial charge in [0.25, 0.3) is 0 Å². The van der Waals surface area contributed by atoms with Gasteiger partial charge < -0.3 is 26.0 Å². The fourth-order valence-corrected chi connectivity index (χ4v) is 4.74. The van der Waals surface area contributed by atoms with Crippen molar-refractivity contribution in [1.29, 1.82) is 0 Å². The first-order valence-electron chi connectivity index (χ1n) is 13.4. The Hall–Kier alpha value is -4.49. The second kappa shape index (κ2) is 14.8. The van der Waals surface area contributed by atoms with Crippen LogP contribution < -0.4 is 10.6 Å². The van der Waals surface area contributed by atoms with E-state index in [4.69, 9.17) is 5.11 Å². The van der Waals surface area contributed by atoms with Crippen molar-refractivity contribution in [1.82, 2.24) is 20.4 Å². The first-order valence-corrected chi connectivity index (χ1v) is 13.4. The van der Waals surface area contributed by atoms with E-state index in [1.807, 2.05) is 30.3 Å². The van der Waals surface area contributed by atoms with E-state index in [0.29, 0.717) is 22.8 Å². The molecule has 1 aromatic carbocycles. The van der Waals surface area contributed by atoms with Gasteiger partial charge in [-0.1, -0.05) is 44.2 Å². The molecule has 0 radical (unpaired) electrons. The maximum atomic E-state index is 13.5. The van der Waals surface area contributed by atoms with Crippen LogP contribution in [-0.2, 0) is 30.5 Å². The standard InChI is InChI=1S/C27H36N4O10/c1-3-27(4-2)23(38)30(26(41)31(24(27)39)19(22(36)37)13-14-20(32)33)18(21(34)35)12-8-9-15-28-25(40)29-16-17-10-6-5-7-11-17/h5-7,10-11,18-19H,3-4,8-9,12-16H2,1-2H3,(H,32,33)(H,34,35)(H,36,37)(H2,28,29,40)/t18-,19-/m0/s1. The Morgan fingerprint density at radius 1 is 0.805 bits per heavy atom. The highest BCUT2D eigenvalue weighted by Gasteiger charge is 2.59. The first kappa shape index (κ1) is 32.7. The van der Waals surface area contributed by atoms with Crippen LogP contribution in [0.1, 0.15) is 64.4 Å². The average Bonchev–Trinajstić information content (AvgIpc) is 2.93. The molecular formula is C27H36N4O10. The molecule has 0 unspecified atom stereocenters. The smallest absolute Gasteiger partial charge is 0.335 e. The number of carbonyl (C=O) groups is 7. The number of nitrogens with zero attached hydrogens (tertiary/aromatic N) is 2. The van der Waals surface area contributed by atoms with Crippen LogP contribution in [0.3, 0.4) is 0 Å². The monoisotopic (exact) mass is 576 g/mol. The molecule has 41 heavy (non-hydrogen) atoms. The number of benzene rings is 1. The predicted octanol–water partition coefficient (Wildman–Crippen LogP) is 2.02. The highest BCUT2D eigenvalue weighted by molar-refractivity contribution is 6.21. The number of hydrogen-bond donors (Lipinski definition) is 5. The molecule has 1 fully saturated rings. The fourth-order valence-electron chi connectivity index (χ4n) is 4.74. The van der Waals surface area contributed by atoms with Crippen LogP contribution in [0.5, 0.6) is 0 Å². The molecule has 1 heterocycles. The third-order valence-electron chi connectivity index (χ3n) is 7.19. The Labute approximate surface area is 236 Å². The molecule has 2 atom stereocenters. The van der Waals surface area contributed by atoms with E-state index >= 15 is 0 Å². The summed E-state index contributed by atoms with van der Waals surface area (Å²) in [5.74, 6) is -6.69. The molecule has 0 bridgehead atoms. The number of nitrogens with one attached hydrogen (secondary N) is 2. The van der Waals surface area contributed by atoms with Crippen LogP contribution in [0.25, 0.3) is 0 Å². The molecule has 0 spiro atoms. The second-order valence-corrected chi connectivity index (χ2v) is 9.65. The molecular weight excluding hydrogens is 540 g/mol. The van der Waals surface area contributed by atoms with Gasteiger partial charge in [-0.2, -0.15) is 0 Å². The predicted molar refractivity (Wildman–Crippen MR) is 142 cm³/mol. The topological polar surface area (TPSA) is 211 Å². The number of carboxylic acids is 3. The first-order chi connectivity index (χ1) is 19.4. The molecule has 14 heteroatoms. The molecule has 0 saturated carbocycles. The number of barbiturate groups is 1. The third-order valence-corrected chi connectivity index (χ3v) is 7.19. The maximum absolute atomic E-state index is 13.5. The van der Waals surface area contributed by atoms with Gasteiger partial charge in [-0.05, 0) is 44.1 Å². The summed E-state index contributed by atoms with van der Waals surface area (Å²) in [6, 6.07) is 3.74. The summed E-state index contributed by atoms with van der Waals surface area (Å²) in [5, 5.41) is 34.0. The maximum Gasteiger partial charge on any atom is 0.335 e. The molecule has 6 amide bonds. The Bertz CT molecular complexity index is 1150. The normalized spacial score (nSPS) is 16.2. The van der Waals surface area contributed by atoms with Crippen LogP contribution in [0.2, 0.25) is 0 Å². The van der Waals surface area contributed by atoms with Crippen LogP contribution in [0, 0.1) is 5.41 Å². The van der Waals surface area contributed by atoms with Crippen molar-refractivity contribution in [2.45, 2.75) is 77.4 Å². The minimum absolute atomic E-state index is 0.138. The zero-order valence-electron chi connectivity index (χ0n) is 23.0. The Balaban J connectivity index is 2.16. The van der Waals surface area contributed by atoms with Gasteiger partial charge >= 0.3 is 30.0 Å². The molecule has 5 N–H and O–H groups in total. The van der Waals surface area contributed by atoms with Gasteiger partial charge in [0.1, 0.15) is 17.5 Å². The van der Waals surface area contributed by atoms with Crippen LogP contribution >= 0.6 is 0 Å². The molecule has 1 saturated heterocycles. The van der Waals surface area contributed by atoms with Crippen molar-refractivity contribution >= 4 is 41.8 Å².